The van der Waals surface area contributed by atoms with Gasteiger partial charge < -0.3 is 4.74 Å². The number of hydrogen-bond donors (Lipinski definition) is 0. The molecule has 20 heavy (non-hydrogen) atoms. The summed E-state index contributed by atoms with van der Waals surface area (Å²) in [7, 11) is 1.51. The number of alkyl halides is 2. The lowest BCUT2D eigenvalue weighted by Gasteiger charge is -2.20. The minimum atomic E-state index is -2.39. The Morgan fingerprint density at radius 1 is 1.30 bits per heavy atom. The van der Waals surface area contributed by atoms with Crippen LogP contribution in [0.3, 0.4) is 0 Å². The van der Waals surface area contributed by atoms with E-state index < -0.39 is 11.8 Å². The third-order valence-electron chi connectivity index (χ3n) is 3.79. The number of hydrogen-bond acceptors (Lipinski definition) is 2. The zero-order valence-corrected chi connectivity index (χ0v) is 13.8. The summed E-state index contributed by atoms with van der Waals surface area (Å²) >= 11 is 6.79. The van der Waals surface area contributed by atoms with E-state index in [-0.39, 0.29) is 0 Å². The lowest BCUT2D eigenvalue weighted by molar-refractivity contribution is 0.100. The molecule has 0 atom stereocenters. The molecule has 1 aromatic heterocycles. The first-order valence-electron chi connectivity index (χ1n) is 6.10. The molecule has 0 spiro atoms. The van der Waals surface area contributed by atoms with Gasteiger partial charge in [0.05, 0.1) is 18.0 Å². The van der Waals surface area contributed by atoms with Gasteiger partial charge in [-0.3, -0.25) is 4.98 Å². The van der Waals surface area contributed by atoms with E-state index in [1.165, 1.54) is 7.11 Å². The van der Waals surface area contributed by atoms with Crippen LogP contribution >= 0.6 is 31.9 Å². The number of benzene rings is 1. The average molecular weight is 407 g/mol. The summed E-state index contributed by atoms with van der Waals surface area (Å²) in [5.41, 5.74) is 0.206. The third-order valence-corrected chi connectivity index (χ3v) is 4.83. The summed E-state index contributed by atoms with van der Waals surface area (Å²) in [6, 6.07) is 3.57. The van der Waals surface area contributed by atoms with Crippen LogP contribution in [-0.4, -0.2) is 18.5 Å². The Balaban J connectivity index is 2.33. The number of ether oxygens (including phenoxy) is 1. The fraction of sp³-hybridized carbons (Fsp3) is 0.357. The maximum atomic E-state index is 13.4. The van der Waals surface area contributed by atoms with E-state index in [0.29, 0.717) is 34.1 Å². The van der Waals surface area contributed by atoms with Crippen LogP contribution in [0.15, 0.2) is 27.3 Å². The Bertz CT molecular complexity index is 686. The molecular formula is C14H11Br2F2NO. The molecule has 3 rings (SSSR count). The highest BCUT2D eigenvalue weighted by molar-refractivity contribution is 9.11. The Morgan fingerprint density at radius 2 is 2.00 bits per heavy atom. The lowest BCUT2D eigenvalue weighted by atomic mass is 9.93. The largest absolute Gasteiger partial charge is 0.496 e. The van der Waals surface area contributed by atoms with Crippen LogP contribution in [0.2, 0.25) is 0 Å². The van der Waals surface area contributed by atoms with Gasteiger partial charge in [-0.05, 0) is 56.8 Å². The first-order chi connectivity index (χ1) is 9.49. The fourth-order valence-electron chi connectivity index (χ4n) is 2.54. The number of fused-ring (bicyclic) bond motifs is 1. The van der Waals surface area contributed by atoms with Crippen LogP contribution in [-0.2, 0) is 5.41 Å². The Kier molecular flexibility index (Phi) is 3.49. The zero-order valence-electron chi connectivity index (χ0n) is 10.6. The summed E-state index contributed by atoms with van der Waals surface area (Å²) in [4.78, 5) is 4.32. The molecule has 1 saturated carbocycles. The van der Waals surface area contributed by atoms with Crippen molar-refractivity contribution in [2.75, 3.05) is 7.11 Å². The van der Waals surface area contributed by atoms with E-state index in [1.54, 1.807) is 12.3 Å². The number of nitrogens with zero attached hydrogens (tertiary/aromatic N) is 1. The van der Waals surface area contributed by atoms with Gasteiger partial charge in [-0.25, -0.2) is 8.78 Å². The maximum absolute atomic E-state index is 13.4. The number of aromatic nitrogens is 1. The van der Waals surface area contributed by atoms with Crippen molar-refractivity contribution in [1.82, 2.24) is 4.98 Å². The van der Waals surface area contributed by atoms with Gasteiger partial charge in [-0.2, -0.15) is 0 Å². The fourth-order valence-corrected chi connectivity index (χ4v) is 3.41. The van der Waals surface area contributed by atoms with E-state index >= 15 is 0 Å². The molecule has 0 N–H and O–H groups in total. The van der Waals surface area contributed by atoms with Crippen molar-refractivity contribution in [3.05, 3.63) is 32.8 Å². The molecule has 0 amide bonds. The molecule has 1 heterocycles. The predicted octanol–water partition coefficient (Wildman–Crippen LogP) is 5.07. The summed E-state index contributed by atoms with van der Waals surface area (Å²) in [5, 5.41) is 0.734. The number of methoxy groups -OCH3 is 1. The van der Waals surface area contributed by atoms with E-state index in [1.807, 2.05) is 6.07 Å². The SMILES string of the molecule is COc1c(C2(C(F)F)CC2)cc(Br)c2ncc(Br)cc12. The average Bonchev–Trinajstić information content (AvgIpc) is 3.19. The van der Waals surface area contributed by atoms with Crippen molar-refractivity contribution < 1.29 is 13.5 Å². The van der Waals surface area contributed by atoms with E-state index in [2.05, 4.69) is 36.8 Å². The van der Waals surface area contributed by atoms with Gasteiger partial charge in [0, 0.05) is 26.1 Å². The second-order valence-electron chi connectivity index (χ2n) is 4.95. The molecule has 106 valence electrons. The van der Waals surface area contributed by atoms with Gasteiger partial charge in [-0.15, -0.1) is 0 Å². The van der Waals surface area contributed by atoms with Crippen LogP contribution in [0.5, 0.6) is 5.75 Å². The topological polar surface area (TPSA) is 22.1 Å². The van der Waals surface area contributed by atoms with Crippen molar-refractivity contribution in [2.24, 2.45) is 0 Å². The predicted molar refractivity (Wildman–Crippen MR) is 80.6 cm³/mol. The summed E-state index contributed by atoms with van der Waals surface area (Å²) < 4.78 is 33.7. The minimum Gasteiger partial charge on any atom is -0.496 e. The van der Waals surface area contributed by atoms with E-state index in [4.69, 9.17) is 4.74 Å². The Labute approximate surface area is 131 Å². The van der Waals surface area contributed by atoms with E-state index in [0.717, 1.165) is 9.86 Å². The lowest BCUT2D eigenvalue weighted by Crippen LogP contribution is -2.18. The van der Waals surface area contributed by atoms with Crippen LogP contribution in [0.4, 0.5) is 8.78 Å². The monoisotopic (exact) mass is 405 g/mol. The van der Waals surface area contributed by atoms with Crippen molar-refractivity contribution >= 4 is 42.8 Å². The van der Waals surface area contributed by atoms with Crippen LogP contribution in [0.25, 0.3) is 10.9 Å². The van der Waals surface area contributed by atoms with Crippen LogP contribution in [0.1, 0.15) is 18.4 Å². The Morgan fingerprint density at radius 3 is 2.55 bits per heavy atom. The molecule has 1 fully saturated rings. The normalized spacial score (nSPS) is 16.7. The first kappa shape index (κ1) is 14.2. The number of pyridine rings is 1. The highest BCUT2D eigenvalue weighted by Gasteiger charge is 2.54. The summed E-state index contributed by atoms with van der Waals surface area (Å²) in [5.74, 6) is 0.495. The van der Waals surface area contributed by atoms with Gasteiger partial charge in [0.15, 0.2) is 0 Å². The molecule has 2 nitrogen and oxygen atoms in total. The van der Waals surface area contributed by atoms with Gasteiger partial charge in [-0.1, -0.05) is 0 Å². The van der Waals surface area contributed by atoms with Gasteiger partial charge in [0.2, 0.25) is 6.43 Å². The van der Waals surface area contributed by atoms with Crippen molar-refractivity contribution in [3.63, 3.8) is 0 Å². The summed E-state index contributed by atoms with van der Waals surface area (Å²) in [6.07, 6.45) is 0.258. The van der Waals surface area contributed by atoms with Gasteiger partial charge in [0.25, 0.3) is 0 Å². The molecule has 0 saturated heterocycles. The molecule has 0 bridgehead atoms. The van der Waals surface area contributed by atoms with Gasteiger partial charge >= 0.3 is 0 Å². The molecule has 1 aliphatic carbocycles. The quantitative estimate of drug-likeness (QED) is 0.710. The van der Waals surface area contributed by atoms with Crippen LogP contribution in [0, 0.1) is 0 Å². The van der Waals surface area contributed by atoms with Crippen molar-refractivity contribution in [3.8, 4) is 5.75 Å². The molecule has 1 aromatic carbocycles. The first-order valence-corrected chi connectivity index (χ1v) is 7.68. The molecule has 2 aromatic rings. The second kappa shape index (κ2) is 4.91. The maximum Gasteiger partial charge on any atom is 0.248 e. The van der Waals surface area contributed by atoms with Crippen molar-refractivity contribution in [1.29, 1.82) is 0 Å². The molecule has 0 aliphatic heterocycles. The van der Waals surface area contributed by atoms with E-state index in [9.17, 15) is 8.78 Å². The molecule has 1 aliphatic rings. The number of halogens is 4. The molecule has 6 heteroatoms. The number of rotatable bonds is 3. The smallest absolute Gasteiger partial charge is 0.248 e. The zero-order chi connectivity index (χ0) is 14.5. The second-order valence-corrected chi connectivity index (χ2v) is 6.72. The van der Waals surface area contributed by atoms with Crippen LogP contribution < -0.4 is 4.74 Å². The third kappa shape index (κ3) is 2.04. The standard InChI is InChI=1S/C14H11Br2F2NO/c1-20-12-8-4-7(15)6-19-11(8)10(16)5-9(12)14(2-3-14)13(17)18/h4-6,13H,2-3H2,1H3. The molecule has 0 unspecified atom stereocenters. The van der Waals surface area contributed by atoms with Crippen molar-refractivity contribution in [2.45, 2.75) is 24.7 Å². The van der Waals surface area contributed by atoms with Gasteiger partial charge in [0.1, 0.15) is 5.75 Å². The highest BCUT2D eigenvalue weighted by atomic mass is 79.9. The Hall–Kier alpha value is -0.750. The minimum absolute atomic E-state index is 0.487. The highest BCUT2D eigenvalue weighted by Crippen LogP contribution is 2.57. The molecule has 0 radical (unpaired) electrons. The molecular weight excluding hydrogens is 396 g/mol. The summed E-state index contributed by atoms with van der Waals surface area (Å²) in [6.45, 7) is 0.